The molecule has 0 saturated carbocycles. The Kier molecular flexibility index (Phi) is 6.15. The summed E-state index contributed by atoms with van der Waals surface area (Å²) in [5, 5.41) is 0. The first kappa shape index (κ1) is 20.5. The second-order valence-electron chi connectivity index (χ2n) is 7.21. The average Bonchev–Trinajstić information content (AvgIpc) is 2.69. The summed E-state index contributed by atoms with van der Waals surface area (Å²) < 4.78 is 45.4. The lowest BCUT2D eigenvalue weighted by Crippen LogP contribution is -2.37. The van der Waals surface area contributed by atoms with Crippen molar-refractivity contribution >= 4 is 16.0 Å². The number of hydrogen-bond acceptors (Lipinski definition) is 4. The van der Waals surface area contributed by atoms with Gasteiger partial charge < -0.3 is 4.74 Å². The lowest BCUT2D eigenvalue weighted by Gasteiger charge is -2.29. The average molecular weight is 405 g/mol. The molecule has 1 heterocycles. The number of rotatable bonds is 5. The fraction of sp³-hybridized carbons (Fsp3) is 0.381. The molecule has 1 atom stereocenters. The molecule has 28 heavy (non-hydrogen) atoms. The second kappa shape index (κ2) is 8.41. The van der Waals surface area contributed by atoms with Crippen LogP contribution >= 0.6 is 0 Å². The van der Waals surface area contributed by atoms with E-state index in [0.29, 0.717) is 24.6 Å². The Hall–Kier alpha value is -2.25. The minimum Gasteiger partial charge on any atom is -0.454 e. The molecule has 1 aliphatic rings. The van der Waals surface area contributed by atoms with Crippen LogP contribution in [-0.2, 0) is 14.8 Å². The number of carbonyl (C=O) groups is 1. The molecular formula is C21H24FNO4S. The molecule has 1 fully saturated rings. The summed E-state index contributed by atoms with van der Waals surface area (Å²) in [6.07, 6.45) is 1.15. The molecule has 0 radical (unpaired) electrons. The topological polar surface area (TPSA) is 63.7 Å². The van der Waals surface area contributed by atoms with Crippen molar-refractivity contribution in [3.8, 4) is 0 Å². The minimum absolute atomic E-state index is 0.171. The van der Waals surface area contributed by atoms with Crippen LogP contribution in [0.25, 0.3) is 0 Å². The highest BCUT2D eigenvalue weighted by molar-refractivity contribution is 7.89. The van der Waals surface area contributed by atoms with Crippen LogP contribution in [0.15, 0.2) is 53.4 Å². The van der Waals surface area contributed by atoms with E-state index in [1.165, 1.54) is 40.7 Å². The van der Waals surface area contributed by atoms with Crippen LogP contribution < -0.4 is 0 Å². The van der Waals surface area contributed by atoms with Crippen molar-refractivity contribution < 1.29 is 22.3 Å². The number of benzene rings is 2. The molecule has 0 unspecified atom stereocenters. The third-order valence-electron chi connectivity index (χ3n) is 5.09. The highest BCUT2D eigenvalue weighted by Crippen LogP contribution is 2.24. The quantitative estimate of drug-likeness (QED) is 0.701. The van der Waals surface area contributed by atoms with Gasteiger partial charge in [0.15, 0.2) is 0 Å². The van der Waals surface area contributed by atoms with Gasteiger partial charge >= 0.3 is 5.97 Å². The molecule has 0 bridgehead atoms. The summed E-state index contributed by atoms with van der Waals surface area (Å²) in [4.78, 5) is 12.5. The first-order valence-corrected chi connectivity index (χ1v) is 10.8. The molecule has 0 aromatic heterocycles. The fourth-order valence-electron chi connectivity index (χ4n) is 3.17. The summed E-state index contributed by atoms with van der Waals surface area (Å²) in [6, 6.07) is 11.5. The molecule has 7 heteroatoms. The smallest absolute Gasteiger partial charge is 0.338 e. The molecule has 150 valence electrons. The number of esters is 1. The monoisotopic (exact) mass is 405 g/mol. The van der Waals surface area contributed by atoms with E-state index in [4.69, 9.17) is 4.74 Å². The fourth-order valence-corrected chi connectivity index (χ4v) is 4.64. The third-order valence-corrected chi connectivity index (χ3v) is 7.01. The van der Waals surface area contributed by atoms with Crippen LogP contribution in [-0.4, -0.2) is 31.8 Å². The molecule has 1 saturated heterocycles. The predicted molar refractivity (Wildman–Crippen MR) is 104 cm³/mol. The third kappa shape index (κ3) is 4.59. The van der Waals surface area contributed by atoms with Gasteiger partial charge in [-0.2, -0.15) is 4.31 Å². The van der Waals surface area contributed by atoms with Crippen molar-refractivity contribution in [3.05, 3.63) is 65.5 Å². The van der Waals surface area contributed by atoms with Gasteiger partial charge in [0, 0.05) is 13.1 Å². The van der Waals surface area contributed by atoms with Gasteiger partial charge in [0.25, 0.3) is 0 Å². The van der Waals surface area contributed by atoms with Crippen LogP contribution in [0.1, 0.15) is 48.7 Å². The molecule has 0 N–H and O–H groups in total. The number of sulfonamides is 1. The van der Waals surface area contributed by atoms with Gasteiger partial charge in [-0.1, -0.05) is 19.1 Å². The summed E-state index contributed by atoms with van der Waals surface area (Å²) in [5.74, 6) is -0.387. The van der Waals surface area contributed by atoms with Gasteiger partial charge in [0.2, 0.25) is 10.0 Å². The highest BCUT2D eigenvalue weighted by atomic mass is 32.2. The lowest BCUT2D eigenvalue weighted by molar-refractivity contribution is 0.0337. The van der Waals surface area contributed by atoms with Crippen molar-refractivity contribution in [1.29, 1.82) is 0 Å². The Morgan fingerprint density at radius 2 is 1.64 bits per heavy atom. The van der Waals surface area contributed by atoms with Crippen molar-refractivity contribution in [3.63, 3.8) is 0 Å². The molecule has 2 aromatic rings. The van der Waals surface area contributed by atoms with Gasteiger partial charge in [-0.05, 0) is 67.6 Å². The van der Waals surface area contributed by atoms with Crippen molar-refractivity contribution in [1.82, 2.24) is 4.31 Å². The molecule has 3 rings (SSSR count). The Bertz CT molecular complexity index is 918. The van der Waals surface area contributed by atoms with E-state index in [1.54, 1.807) is 19.1 Å². The zero-order chi connectivity index (χ0) is 20.3. The minimum atomic E-state index is -3.55. The number of piperidine rings is 1. The van der Waals surface area contributed by atoms with E-state index in [9.17, 15) is 17.6 Å². The highest BCUT2D eigenvalue weighted by Gasteiger charge is 2.28. The first-order valence-electron chi connectivity index (χ1n) is 9.34. The Morgan fingerprint density at radius 3 is 2.21 bits per heavy atom. The second-order valence-corrected chi connectivity index (χ2v) is 9.15. The van der Waals surface area contributed by atoms with Gasteiger partial charge in [0.05, 0.1) is 10.5 Å². The summed E-state index contributed by atoms with van der Waals surface area (Å²) >= 11 is 0. The van der Waals surface area contributed by atoms with E-state index >= 15 is 0 Å². The first-order chi connectivity index (χ1) is 13.3. The van der Waals surface area contributed by atoms with E-state index < -0.39 is 22.1 Å². The van der Waals surface area contributed by atoms with Gasteiger partial charge in [0.1, 0.15) is 11.9 Å². The van der Waals surface area contributed by atoms with E-state index in [-0.39, 0.29) is 16.3 Å². The lowest BCUT2D eigenvalue weighted by atomic mass is 10.0. The molecule has 0 amide bonds. The van der Waals surface area contributed by atoms with Crippen LogP contribution in [0, 0.1) is 11.7 Å². The van der Waals surface area contributed by atoms with E-state index in [0.717, 1.165) is 12.8 Å². The molecule has 1 aliphatic heterocycles. The number of halogens is 1. The van der Waals surface area contributed by atoms with Crippen molar-refractivity contribution in [2.24, 2.45) is 5.92 Å². The Labute approximate surface area is 165 Å². The van der Waals surface area contributed by atoms with Crippen molar-refractivity contribution in [2.45, 2.75) is 37.7 Å². The van der Waals surface area contributed by atoms with Crippen LogP contribution in [0.3, 0.4) is 0 Å². The predicted octanol–water partition coefficient (Wildman–Crippen LogP) is 4.16. The van der Waals surface area contributed by atoms with Gasteiger partial charge in [-0.3, -0.25) is 0 Å². The van der Waals surface area contributed by atoms with Crippen molar-refractivity contribution in [2.75, 3.05) is 13.1 Å². The summed E-state index contributed by atoms with van der Waals surface area (Å²) in [7, 11) is -3.55. The SMILES string of the molecule is CC1CCN(S(=O)(=O)c2ccc(C(=O)O[C@H](C)c3ccc(F)cc3)cc2)CC1. The van der Waals surface area contributed by atoms with E-state index in [1.807, 2.05) is 0 Å². The maximum absolute atomic E-state index is 13.0. The normalized spacial score (nSPS) is 17.2. The number of ether oxygens (including phenoxy) is 1. The van der Waals surface area contributed by atoms with Crippen LogP contribution in [0.2, 0.25) is 0 Å². The molecular weight excluding hydrogens is 381 g/mol. The zero-order valence-corrected chi connectivity index (χ0v) is 16.8. The molecule has 5 nitrogen and oxygen atoms in total. The van der Waals surface area contributed by atoms with Crippen LogP contribution in [0.5, 0.6) is 0 Å². The largest absolute Gasteiger partial charge is 0.454 e. The summed E-state index contributed by atoms with van der Waals surface area (Å²) in [6.45, 7) is 4.85. The number of nitrogens with zero attached hydrogens (tertiary/aromatic N) is 1. The molecule has 0 aliphatic carbocycles. The van der Waals surface area contributed by atoms with Gasteiger partial charge in [-0.15, -0.1) is 0 Å². The number of carbonyl (C=O) groups excluding carboxylic acids is 1. The zero-order valence-electron chi connectivity index (χ0n) is 16.0. The van der Waals surface area contributed by atoms with Gasteiger partial charge in [-0.25, -0.2) is 17.6 Å². The standard InChI is InChI=1S/C21H24FNO4S/c1-15-11-13-23(14-12-15)28(25,26)20-9-5-18(6-10-20)21(24)27-16(2)17-3-7-19(22)8-4-17/h3-10,15-16H,11-14H2,1-2H3/t16-/m1/s1. The molecule has 0 spiro atoms. The Morgan fingerprint density at radius 1 is 1.07 bits per heavy atom. The maximum Gasteiger partial charge on any atom is 0.338 e. The summed E-state index contributed by atoms with van der Waals surface area (Å²) in [5.41, 5.74) is 0.938. The molecule has 2 aromatic carbocycles. The maximum atomic E-state index is 13.0. The number of hydrogen-bond donors (Lipinski definition) is 0. The van der Waals surface area contributed by atoms with Crippen LogP contribution in [0.4, 0.5) is 4.39 Å². The van der Waals surface area contributed by atoms with E-state index in [2.05, 4.69) is 6.92 Å². The Balaban J connectivity index is 1.68.